The summed E-state index contributed by atoms with van der Waals surface area (Å²) < 4.78 is 5.44. The number of rotatable bonds is 8. The molecule has 0 aromatic heterocycles. The number of ether oxygens (including phenoxy) is 1. The Labute approximate surface area is 104 Å². The Balaban J connectivity index is 2.02. The Hall–Kier alpha value is -0.610. The van der Waals surface area contributed by atoms with Gasteiger partial charge >= 0.3 is 0 Å². The molecule has 1 aliphatic rings. The van der Waals surface area contributed by atoms with E-state index >= 15 is 0 Å². The Morgan fingerprint density at radius 2 is 2.41 bits per heavy atom. The van der Waals surface area contributed by atoms with Crippen molar-refractivity contribution in [3.05, 3.63) is 0 Å². The van der Waals surface area contributed by atoms with Gasteiger partial charge in [0.25, 0.3) is 0 Å². The fraction of sp³-hybridized carbons (Fsp3) is 0.923. The zero-order valence-corrected chi connectivity index (χ0v) is 11.1. The number of carbonyl (C=O) groups is 1. The molecule has 2 N–H and O–H groups in total. The highest BCUT2D eigenvalue weighted by Crippen LogP contribution is 2.10. The lowest BCUT2D eigenvalue weighted by Gasteiger charge is -2.14. The van der Waals surface area contributed by atoms with Crippen molar-refractivity contribution in [3.63, 3.8) is 0 Å². The van der Waals surface area contributed by atoms with Crippen LogP contribution in [-0.2, 0) is 9.53 Å². The molecule has 0 bridgehead atoms. The van der Waals surface area contributed by atoms with Crippen molar-refractivity contribution in [1.29, 1.82) is 0 Å². The van der Waals surface area contributed by atoms with Gasteiger partial charge in [-0.1, -0.05) is 13.3 Å². The number of hydrogen-bond donors (Lipinski definition) is 2. The third kappa shape index (κ3) is 6.03. The first-order valence-corrected chi connectivity index (χ1v) is 6.84. The van der Waals surface area contributed by atoms with E-state index in [-0.39, 0.29) is 12.0 Å². The molecule has 1 heterocycles. The lowest BCUT2D eigenvalue weighted by Crippen LogP contribution is -2.36. The van der Waals surface area contributed by atoms with E-state index in [1.807, 2.05) is 6.92 Å². The van der Waals surface area contributed by atoms with E-state index in [9.17, 15) is 4.79 Å². The molecule has 0 spiro atoms. The van der Waals surface area contributed by atoms with Gasteiger partial charge in [0.05, 0.1) is 0 Å². The van der Waals surface area contributed by atoms with Gasteiger partial charge in [0.15, 0.2) is 0 Å². The molecule has 1 rings (SSSR count). The molecule has 1 aliphatic heterocycles. The van der Waals surface area contributed by atoms with Crippen LogP contribution < -0.4 is 10.6 Å². The minimum atomic E-state index is -0.316. The lowest BCUT2D eigenvalue weighted by atomic mass is 10.1. The first-order chi connectivity index (χ1) is 8.24. The van der Waals surface area contributed by atoms with Gasteiger partial charge in [0.2, 0.25) is 5.91 Å². The summed E-state index contributed by atoms with van der Waals surface area (Å²) in [6.45, 7) is 7.60. The van der Waals surface area contributed by atoms with Crippen molar-refractivity contribution in [1.82, 2.24) is 10.6 Å². The largest absolute Gasteiger partial charge is 0.369 e. The van der Waals surface area contributed by atoms with Gasteiger partial charge in [-0.05, 0) is 45.2 Å². The Morgan fingerprint density at radius 1 is 1.59 bits per heavy atom. The number of carbonyl (C=O) groups excluding carboxylic acids is 1. The Kier molecular flexibility index (Phi) is 7.21. The minimum absolute atomic E-state index is 0.0204. The van der Waals surface area contributed by atoms with E-state index in [0.717, 1.165) is 44.8 Å². The molecule has 4 nitrogen and oxygen atoms in total. The van der Waals surface area contributed by atoms with Crippen molar-refractivity contribution in [2.24, 2.45) is 5.92 Å². The van der Waals surface area contributed by atoms with E-state index in [2.05, 4.69) is 17.6 Å². The van der Waals surface area contributed by atoms with Gasteiger partial charge in [-0.3, -0.25) is 4.79 Å². The third-order valence-electron chi connectivity index (χ3n) is 3.25. The third-order valence-corrected chi connectivity index (χ3v) is 3.25. The van der Waals surface area contributed by atoms with Crippen LogP contribution in [0, 0.1) is 5.92 Å². The standard InChI is InChI=1S/C13H26N2O2/c1-3-4-9-17-11(2)13(16)15-8-6-12-5-7-14-10-12/h11-12,14H,3-10H2,1-2H3,(H,15,16). The number of amides is 1. The molecule has 4 heteroatoms. The highest BCUT2D eigenvalue weighted by molar-refractivity contribution is 5.80. The molecule has 0 radical (unpaired) electrons. The maximum atomic E-state index is 11.7. The van der Waals surface area contributed by atoms with Gasteiger partial charge in [0, 0.05) is 13.2 Å². The molecule has 100 valence electrons. The summed E-state index contributed by atoms with van der Waals surface area (Å²) in [4.78, 5) is 11.7. The molecule has 2 atom stereocenters. The minimum Gasteiger partial charge on any atom is -0.369 e. The normalized spacial score (nSPS) is 21.4. The van der Waals surface area contributed by atoms with Crippen molar-refractivity contribution in [2.45, 2.75) is 45.6 Å². The molecule has 1 amide bonds. The fourth-order valence-corrected chi connectivity index (χ4v) is 1.98. The van der Waals surface area contributed by atoms with Crippen LogP contribution in [0.4, 0.5) is 0 Å². The summed E-state index contributed by atoms with van der Waals surface area (Å²) in [5.41, 5.74) is 0. The second-order valence-electron chi connectivity index (χ2n) is 4.81. The van der Waals surface area contributed by atoms with Crippen LogP contribution in [0.2, 0.25) is 0 Å². The van der Waals surface area contributed by atoms with Gasteiger partial charge in [-0.15, -0.1) is 0 Å². The maximum Gasteiger partial charge on any atom is 0.248 e. The Bertz CT molecular complexity index is 215. The van der Waals surface area contributed by atoms with Crippen molar-refractivity contribution >= 4 is 5.91 Å². The molecule has 1 fully saturated rings. The van der Waals surface area contributed by atoms with Crippen LogP contribution in [0.3, 0.4) is 0 Å². The van der Waals surface area contributed by atoms with Gasteiger partial charge in [0.1, 0.15) is 6.10 Å². The number of hydrogen-bond acceptors (Lipinski definition) is 3. The van der Waals surface area contributed by atoms with E-state index in [1.165, 1.54) is 6.42 Å². The van der Waals surface area contributed by atoms with E-state index in [1.54, 1.807) is 0 Å². The predicted molar refractivity (Wildman–Crippen MR) is 68.9 cm³/mol. The smallest absolute Gasteiger partial charge is 0.248 e. The van der Waals surface area contributed by atoms with Crippen molar-refractivity contribution in [3.8, 4) is 0 Å². The molecular formula is C13H26N2O2. The molecule has 0 aromatic rings. The molecule has 0 saturated carbocycles. The van der Waals surface area contributed by atoms with Gasteiger partial charge in [-0.2, -0.15) is 0 Å². The van der Waals surface area contributed by atoms with Crippen LogP contribution in [0.1, 0.15) is 39.5 Å². The fourth-order valence-electron chi connectivity index (χ4n) is 1.98. The molecule has 2 unspecified atom stereocenters. The maximum absolute atomic E-state index is 11.7. The molecular weight excluding hydrogens is 216 g/mol. The summed E-state index contributed by atoms with van der Waals surface area (Å²) in [6, 6.07) is 0. The number of nitrogens with one attached hydrogen (secondary N) is 2. The molecule has 17 heavy (non-hydrogen) atoms. The van der Waals surface area contributed by atoms with E-state index in [4.69, 9.17) is 4.74 Å². The first kappa shape index (κ1) is 14.5. The molecule has 0 aromatic carbocycles. The van der Waals surface area contributed by atoms with Gasteiger partial charge in [-0.25, -0.2) is 0 Å². The number of unbranched alkanes of at least 4 members (excludes halogenated alkanes) is 1. The van der Waals surface area contributed by atoms with Crippen molar-refractivity contribution in [2.75, 3.05) is 26.2 Å². The summed E-state index contributed by atoms with van der Waals surface area (Å²) in [7, 11) is 0. The van der Waals surface area contributed by atoms with Gasteiger partial charge < -0.3 is 15.4 Å². The lowest BCUT2D eigenvalue weighted by molar-refractivity contribution is -0.131. The molecule has 0 aliphatic carbocycles. The zero-order valence-electron chi connectivity index (χ0n) is 11.1. The zero-order chi connectivity index (χ0) is 12.5. The summed E-state index contributed by atoms with van der Waals surface area (Å²) in [5, 5.41) is 6.27. The highest BCUT2D eigenvalue weighted by atomic mass is 16.5. The average Bonchev–Trinajstić information content (AvgIpc) is 2.82. The van der Waals surface area contributed by atoms with Crippen LogP contribution in [-0.4, -0.2) is 38.3 Å². The second kappa shape index (κ2) is 8.48. The second-order valence-corrected chi connectivity index (χ2v) is 4.81. The topological polar surface area (TPSA) is 50.4 Å². The molecule has 1 saturated heterocycles. The van der Waals surface area contributed by atoms with E-state index < -0.39 is 0 Å². The van der Waals surface area contributed by atoms with Crippen LogP contribution >= 0.6 is 0 Å². The highest BCUT2D eigenvalue weighted by Gasteiger charge is 2.16. The quantitative estimate of drug-likeness (QED) is 0.631. The monoisotopic (exact) mass is 242 g/mol. The van der Waals surface area contributed by atoms with Crippen molar-refractivity contribution < 1.29 is 9.53 Å². The van der Waals surface area contributed by atoms with Crippen LogP contribution in [0.5, 0.6) is 0 Å². The summed E-state index contributed by atoms with van der Waals surface area (Å²) >= 11 is 0. The van der Waals surface area contributed by atoms with Crippen LogP contribution in [0.15, 0.2) is 0 Å². The first-order valence-electron chi connectivity index (χ1n) is 6.84. The van der Waals surface area contributed by atoms with Crippen LogP contribution in [0.25, 0.3) is 0 Å². The van der Waals surface area contributed by atoms with E-state index in [0.29, 0.717) is 6.61 Å². The predicted octanol–water partition coefficient (Wildman–Crippen LogP) is 1.31. The SMILES string of the molecule is CCCCOC(C)C(=O)NCCC1CCNC1. The average molecular weight is 242 g/mol. The Morgan fingerprint density at radius 3 is 3.06 bits per heavy atom. The summed E-state index contributed by atoms with van der Waals surface area (Å²) in [6.07, 6.45) is 4.11. The summed E-state index contributed by atoms with van der Waals surface area (Å²) in [5.74, 6) is 0.749.